The third-order valence-electron chi connectivity index (χ3n) is 1.52. The van der Waals surface area contributed by atoms with Gasteiger partial charge in [0.05, 0.1) is 0 Å². The molecular weight excluding hydrogens is 100 g/mol. The van der Waals surface area contributed by atoms with Gasteiger partial charge in [0.2, 0.25) is 6.29 Å². The molecule has 1 aliphatic carbocycles. The van der Waals surface area contributed by atoms with Crippen molar-refractivity contribution in [3.05, 3.63) is 12.7 Å². The van der Waals surface area contributed by atoms with Crippen LogP contribution in [-0.4, -0.2) is 6.29 Å². The molecule has 43 valence electrons. The molecule has 0 amide bonds. The molecule has 1 atom stereocenters. The minimum absolute atomic E-state index is 0.0231. The van der Waals surface area contributed by atoms with E-state index >= 15 is 0 Å². The fourth-order valence-corrected chi connectivity index (χ4v) is 0.792. The molecule has 0 N–H and O–H groups in total. The molecule has 0 bridgehead atoms. The van der Waals surface area contributed by atoms with Crippen molar-refractivity contribution in [3.63, 3.8) is 0 Å². The van der Waals surface area contributed by atoms with Gasteiger partial charge in [0.1, 0.15) is 0 Å². The zero-order valence-electron chi connectivity index (χ0n) is 4.76. The topological polar surface area (TPSA) is 17.1 Å². The fraction of sp³-hybridized carbons (Fsp3) is 0.571. The molecule has 0 aromatic heterocycles. The maximum atomic E-state index is 10.0. The molecule has 1 fully saturated rings. The van der Waals surface area contributed by atoms with E-state index in [1.165, 1.54) is 12.8 Å². The van der Waals surface area contributed by atoms with Crippen LogP contribution >= 0.6 is 0 Å². The molecular formula is C7H9O. The van der Waals surface area contributed by atoms with Crippen molar-refractivity contribution in [1.29, 1.82) is 0 Å². The lowest BCUT2D eigenvalue weighted by Crippen LogP contribution is -1.98. The van der Waals surface area contributed by atoms with Crippen LogP contribution in [0.3, 0.4) is 0 Å². The van der Waals surface area contributed by atoms with Gasteiger partial charge in [0, 0.05) is 5.92 Å². The molecule has 1 heteroatoms. The van der Waals surface area contributed by atoms with E-state index in [1.807, 2.05) is 6.29 Å². The molecule has 1 rings (SSSR count). The van der Waals surface area contributed by atoms with Crippen LogP contribution in [-0.2, 0) is 4.79 Å². The first kappa shape index (κ1) is 5.54. The maximum absolute atomic E-state index is 10.0. The highest BCUT2D eigenvalue weighted by atomic mass is 16.1. The standard InChI is InChI=1S/C7H9O/c1-2-6(5-8)7-3-4-7/h2,6-7H,1,3-4H2. The normalized spacial score (nSPS) is 22.0. The Morgan fingerprint density at radius 1 is 1.75 bits per heavy atom. The van der Waals surface area contributed by atoms with Crippen LogP contribution in [0.15, 0.2) is 12.7 Å². The monoisotopic (exact) mass is 109 g/mol. The van der Waals surface area contributed by atoms with Gasteiger partial charge in [0.25, 0.3) is 0 Å². The second-order valence-electron chi connectivity index (χ2n) is 2.22. The summed E-state index contributed by atoms with van der Waals surface area (Å²) in [4.78, 5) is 10.0. The van der Waals surface area contributed by atoms with Crippen LogP contribution < -0.4 is 0 Å². The summed E-state index contributed by atoms with van der Waals surface area (Å²) in [6.07, 6.45) is 6.00. The summed E-state index contributed by atoms with van der Waals surface area (Å²) in [6.45, 7) is 3.53. The van der Waals surface area contributed by atoms with E-state index in [0.29, 0.717) is 5.92 Å². The number of carbonyl (C=O) groups excluding carboxylic acids is 1. The van der Waals surface area contributed by atoms with Crippen LogP contribution in [0.1, 0.15) is 12.8 Å². The van der Waals surface area contributed by atoms with Crippen molar-refractivity contribution in [1.82, 2.24) is 0 Å². The highest BCUT2D eigenvalue weighted by Gasteiger charge is 2.28. The molecule has 1 nitrogen and oxygen atoms in total. The second-order valence-corrected chi connectivity index (χ2v) is 2.22. The highest BCUT2D eigenvalue weighted by Crippen LogP contribution is 2.36. The Bertz CT molecular complexity index is 95.0. The third-order valence-corrected chi connectivity index (χ3v) is 1.52. The molecule has 0 heterocycles. The van der Waals surface area contributed by atoms with Crippen molar-refractivity contribution in [3.8, 4) is 0 Å². The van der Waals surface area contributed by atoms with Crippen LogP contribution in [0, 0.1) is 11.8 Å². The predicted octanol–water partition coefficient (Wildman–Crippen LogP) is 1.31. The van der Waals surface area contributed by atoms with Gasteiger partial charge in [0.15, 0.2) is 0 Å². The van der Waals surface area contributed by atoms with Crippen molar-refractivity contribution >= 4 is 6.29 Å². The van der Waals surface area contributed by atoms with E-state index in [4.69, 9.17) is 0 Å². The molecule has 0 aromatic carbocycles. The third kappa shape index (κ3) is 0.971. The van der Waals surface area contributed by atoms with E-state index in [-0.39, 0.29) is 5.92 Å². The van der Waals surface area contributed by atoms with Gasteiger partial charge in [-0.3, -0.25) is 4.79 Å². The molecule has 0 aliphatic heterocycles. The Hall–Kier alpha value is -0.590. The Labute approximate surface area is 49.4 Å². The van der Waals surface area contributed by atoms with Gasteiger partial charge in [-0.15, -0.1) is 6.58 Å². The Morgan fingerprint density at radius 2 is 2.38 bits per heavy atom. The zero-order valence-corrected chi connectivity index (χ0v) is 4.76. The smallest absolute Gasteiger partial charge is 0.206 e. The molecule has 0 saturated heterocycles. The zero-order chi connectivity index (χ0) is 5.98. The average Bonchev–Trinajstić information content (AvgIpc) is 2.53. The number of hydrogen-bond acceptors (Lipinski definition) is 1. The van der Waals surface area contributed by atoms with Crippen molar-refractivity contribution in [2.45, 2.75) is 12.8 Å². The summed E-state index contributed by atoms with van der Waals surface area (Å²) < 4.78 is 0. The highest BCUT2D eigenvalue weighted by molar-refractivity contribution is 5.58. The average molecular weight is 109 g/mol. The number of rotatable bonds is 3. The van der Waals surface area contributed by atoms with Gasteiger partial charge < -0.3 is 0 Å². The molecule has 8 heavy (non-hydrogen) atoms. The minimum Gasteiger partial charge on any atom is -0.290 e. The lowest BCUT2D eigenvalue weighted by Gasteiger charge is -1.94. The first-order chi connectivity index (χ1) is 3.88. The fourth-order valence-electron chi connectivity index (χ4n) is 0.792. The lowest BCUT2D eigenvalue weighted by molar-refractivity contribution is 0.527. The Kier molecular flexibility index (Phi) is 1.47. The summed E-state index contributed by atoms with van der Waals surface area (Å²) in [5.74, 6) is 0.611. The van der Waals surface area contributed by atoms with Crippen molar-refractivity contribution < 1.29 is 4.79 Å². The van der Waals surface area contributed by atoms with E-state index in [1.54, 1.807) is 6.08 Å². The minimum atomic E-state index is 0.0231. The largest absolute Gasteiger partial charge is 0.290 e. The molecule has 1 radical (unpaired) electrons. The Balaban J connectivity index is 2.36. The van der Waals surface area contributed by atoms with Gasteiger partial charge in [-0.1, -0.05) is 6.08 Å². The molecule has 0 spiro atoms. The van der Waals surface area contributed by atoms with Crippen molar-refractivity contribution in [2.24, 2.45) is 11.8 Å². The molecule has 1 saturated carbocycles. The molecule has 1 unspecified atom stereocenters. The van der Waals surface area contributed by atoms with Crippen molar-refractivity contribution in [2.75, 3.05) is 0 Å². The summed E-state index contributed by atoms with van der Waals surface area (Å²) in [7, 11) is 0. The SMILES string of the molecule is C=CC([C]=O)C1CC1. The molecule has 0 aromatic rings. The number of hydrogen-bond donors (Lipinski definition) is 0. The maximum Gasteiger partial charge on any atom is 0.206 e. The summed E-state index contributed by atoms with van der Waals surface area (Å²) in [5.41, 5.74) is 0. The predicted molar refractivity (Wildman–Crippen MR) is 32.1 cm³/mol. The summed E-state index contributed by atoms with van der Waals surface area (Å²) >= 11 is 0. The van der Waals surface area contributed by atoms with E-state index < -0.39 is 0 Å². The van der Waals surface area contributed by atoms with Crippen LogP contribution in [0.4, 0.5) is 0 Å². The van der Waals surface area contributed by atoms with Gasteiger partial charge >= 0.3 is 0 Å². The van der Waals surface area contributed by atoms with Crippen LogP contribution in [0.5, 0.6) is 0 Å². The van der Waals surface area contributed by atoms with E-state index in [9.17, 15) is 4.79 Å². The van der Waals surface area contributed by atoms with Gasteiger partial charge in [-0.2, -0.15) is 0 Å². The Morgan fingerprint density at radius 3 is 2.50 bits per heavy atom. The second kappa shape index (κ2) is 2.12. The molecule has 1 aliphatic rings. The first-order valence-corrected chi connectivity index (χ1v) is 2.88. The quantitative estimate of drug-likeness (QED) is 0.499. The lowest BCUT2D eigenvalue weighted by atomic mass is 10.1. The summed E-state index contributed by atoms with van der Waals surface area (Å²) in [5, 5.41) is 0. The van der Waals surface area contributed by atoms with Gasteiger partial charge in [-0.05, 0) is 18.8 Å². The first-order valence-electron chi connectivity index (χ1n) is 2.88. The van der Waals surface area contributed by atoms with E-state index in [0.717, 1.165) is 0 Å². The van der Waals surface area contributed by atoms with E-state index in [2.05, 4.69) is 6.58 Å². The van der Waals surface area contributed by atoms with Gasteiger partial charge in [-0.25, -0.2) is 0 Å². The summed E-state index contributed by atoms with van der Waals surface area (Å²) in [6, 6.07) is 0. The number of allylic oxidation sites excluding steroid dienone is 1. The van der Waals surface area contributed by atoms with Crippen LogP contribution in [0.25, 0.3) is 0 Å². The van der Waals surface area contributed by atoms with Crippen LogP contribution in [0.2, 0.25) is 0 Å².